The number of hydrogen-bond donors (Lipinski definition) is 1. The van der Waals surface area contributed by atoms with Crippen LogP contribution in [0.15, 0.2) is 11.6 Å². The monoisotopic (exact) mass is 322 g/mol. The summed E-state index contributed by atoms with van der Waals surface area (Å²) in [7, 11) is 0. The molecule has 0 saturated heterocycles. The molecule has 4 rings (SSSR count). The van der Waals surface area contributed by atoms with Crippen LogP contribution in [0, 0.1) is 53.3 Å². The molecule has 4 aliphatic rings. The number of fused-ring (bicyclic) bond motifs is 5. The van der Waals surface area contributed by atoms with Crippen molar-refractivity contribution in [1.82, 2.24) is 0 Å². The molecule has 0 amide bonds. The SMILES string of the molecule is C#CC#C[C@]1(O)CC[C@H]2[C@@H]3CCC4=CC(=O)CCC4[C@H]3CC[C@@]21C. The second-order valence-electron chi connectivity index (χ2n) is 8.55. The summed E-state index contributed by atoms with van der Waals surface area (Å²) in [5, 5.41) is 11.2. The first-order valence-corrected chi connectivity index (χ1v) is 9.42. The van der Waals surface area contributed by atoms with E-state index in [1.165, 1.54) is 12.0 Å². The highest BCUT2D eigenvalue weighted by atomic mass is 16.3. The number of allylic oxidation sites excluding steroid dienone is 1. The fraction of sp³-hybridized carbons (Fsp3) is 0.682. The van der Waals surface area contributed by atoms with Gasteiger partial charge in [0.25, 0.3) is 0 Å². The van der Waals surface area contributed by atoms with E-state index in [1.54, 1.807) is 0 Å². The maximum absolute atomic E-state index is 11.8. The van der Waals surface area contributed by atoms with Crippen LogP contribution in [0.4, 0.5) is 0 Å². The molecule has 0 aliphatic heterocycles. The second kappa shape index (κ2) is 5.50. The molecule has 6 atom stereocenters. The van der Waals surface area contributed by atoms with Gasteiger partial charge in [-0.15, -0.1) is 6.42 Å². The Morgan fingerprint density at radius 2 is 2.00 bits per heavy atom. The number of rotatable bonds is 0. The number of carbonyl (C=O) groups excluding carboxylic acids is 1. The third kappa shape index (κ3) is 2.13. The van der Waals surface area contributed by atoms with Crippen molar-refractivity contribution in [1.29, 1.82) is 0 Å². The average molecular weight is 322 g/mol. The first kappa shape index (κ1) is 16.0. The molecule has 2 nitrogen and oxygen atoms in total. The minimum absolute atomic E-state index is 0.135. The quantitative estimate of drug-likeness (QED) is 0.693. The lowest BCUT2D eigenvalue weighted by molar-refractivity contribution is -0.116. The molecule has 2 heteroatoms. The molecule has 0 bridgehead atoms. The van der Waals surface area contributed by atoms with E-state index in [9.17, 15) is 9.90 Å². The number of terminal acetylenes is 1. The Balaban J connectivity index is 1.64. The van der Waals surface area contributed by atoms with Gasteiger partial charge in [-0.05, 0) is 86.5 Å². The summed E-state index contributed by atoms with van der Waals surface area (Å²) in [4.78, 5) is 11.8. The number of carbonyl (C=O) groups is 1. The number of aliphatic hydroxyl groups is 1. The fourth-order valence-corrected chi connectivity index (χ4v) is 6.54. The molecule has 1 unspecified atom stereocenters. The van der Waals surface area contributed by atoms with Gasteiger partial charge in [0.2, 0.25) is 0 Å². The first-order valence-electron chi connectivity index (χ1n) is 9.42. The molecule has 0 aromatic carbocycles. The maximum atomic E-state index is 11.8. The zero-order valence-electron chi connectivity index (χ0n) is 14.5. The van der Waals surface area contributed by atoms with Gasteiger partial charge in [0, 0.05) is 11.8 Å². The summed E-state index contributed by atoms with van der Waals surface area (Å²) in [6.45, 7) is 2.24. The van der Waals surface area contributed by atoms with E-state index in [0.717, 1.165) is 44.9 Å². The van der Waals surface area contributed by atoms with Gasteiger partial charge < -0.3 is 5.11 Å². The molecular formula is C22H26O2. The summed E-state index contributed by atoms with van der Waals surface area (Å²) in [5.74, 6) is 10.9. The highest BCUT2D eigenvalue weighted by Crippen LogP contribution is 2.64. The van der Waals surface area contributed by atoms with E-state index in [2.05, 4.69) is 24.7 Å². The van der Waals surface area contributed by atoms with Gasteiger partial charge in [-0.2, -0.15) is 0 Å². The number of ketones is 1. The Labute approximate surface area is 145 Å². The van der Waals surface area contributed by atoms with Crippen molar-refractivity contribution >= 4 is 5.78 Å². The van der Waals surface area contributed by atoms with Crippen LogP contribution in [0.3, 0.4) is 0 Å². The van der Waals surface area contributed by atoms with Crippen molar-refractivity contribution in [3.8, 4) is 24.2 Å². The van der Waals surface area contributed by atoms with Crippen molar-refractivity contribution in [2.24, 2.45) is 29.1 Å². The summed E-state index contributed by atoms with van der Waals surface area (Å²) >= 11 is 0. The van der Waals surface area contributed by atoms with Crippen LogP contribution >= 0.6 is 0 Å². The van der Waals surface area contributed by atoms with Gasteiger partial charge >= 0.3 is 0 Å². The highest BCUT2D eigenvalue weighted by Gasteiger charge is 2.62. The molecule has 0 aromatic heterocycles. The predicted molar refractivity (Wildman–Crippen MR) is 93.7 cm³/mol. The third-order valence-electron chi connectivity index (χ3n) is 7.79. The van der Waals surface area contributed by atoms with E-state index in [0.29, 0.717) is 29.5 Å². The topological polar surface area (TPSA) is 37.3 Å². The van der Waals surface area contributed by atoms with E-state index < -0.39 is 5.60 Å². The minimum Gasteiger partial charge on any atom is -0.377 e. The van der Waals surface area contributed by atoms with Crippen LogP contribution in [-0.2, 0) is 4.79 Å². The van der Waals surface area contributed by atoms with Crippen LogP contribution in [0.5, 0.6) is 0 Å². The molecule has 0 radical (unpaired) electrons. The Morgan fingerprint density at radius 3 is 2.79 bits per heavy atom. The van der Waals surface area contributed by atoms with Gasteiger partial charge in [0.1, 0.15) is 5.60 Å². The number of hydrogen-bond acceptors (Lipinski definition) is 2. The molecular weight excluding hydrogens is 296 g/mol. The van der Waals surface area contributed by atoms with Crippen molar-refractivity contribution in [3.05, 3.63) is 11.6 Å². The lowest BCUT2D eigenvalue weighted by Gasteiger charge is -2.54. The second-order valence-corrected chi connectivity index (χ2v) is 8.55. The Bertz CT molecular complexity index is 700. The lowest BCUT2D eigenvalue weighted by Crippen LogP contribution is -2.52. The van der Waals surface area contributed by atoms with Crippen molar-refractivity contribution in [2.45, 2.75) is 63.9 Å². The van der Waals surface area contributed by atoms with Crippen LogP contribution < -0.4 is 0 Å². The normalized spacial score (nSPS) is 46.5. The van der Waals surface area contributed by atoms with Gasteiger partial charge in [0.05, 0.1) is 0 Å². The van der Waals surface area contributed by atoms with E-state index in [-0.39, 0.29) is 5.41 Å². The van der Waals surface area contributed by atoms with E-state index >= 15 is 0 Å². The Morgan fingerprint density at radius 1 is 1.17 bits per heavy atom. The van der Waals surface area contributed by atoms with Crippen molar-refractivity contribution in [2.75, 3.05) is 0 Å². The van der Waals surface area contributed by atoms with E-state index in [1.807, 2.05) is 6.08 Å². The Kier molecular flexibility index (Phi) is 3.67. The van der Waals surface area contributed by atoms with Crippen molar-refractivity contribution < 1.29 is 9.90 Å². The molecule has 24 heavy (non-hydrogen) atoms. The van der Waals surface area contributed by atoms with Gasteiger partial charge in [0.15, 0.2) is 5.78 Å². The maximum Gasteiger partial charge on any atom is 0.155 e. The van der Waals surface area contributed by atoms with Gasteiger partial charge in [-0.3, -0.25) is 4.79 Å². The van der Waals surface area contributed by atoms with Crippen LogP contribution in [-0.4, -0.2) is 16.5 Å². The highest BCUT2D eigenvalue weighted by molar-refractivity contribution is 5.91. The standard InChI is InChI=1S/C22H26O2/c1-3-4-11-22(24)13-10-20-19-7-5-15-14-16(23)6-8-17(15)18(19)9-12-21(20,22)2/h1,14,17-20,24H,5-10,12-13H2,2H3/t17?,18-,19-,20+,21+,22+/m1/s1. The predicted octanol–water partition coefficient (Wildman–Crippen LogP) is 3.50. The molecule has 3 fully saturated rings. The molecule has 126 valence electrons. The summed E-state index contributed by atoms with van der Waals surface area (Å²) in [5.41, 5.74) is 0.355. The fourth-order valence-electron chi connectivity index (χ4n) is 6.54. The summed E-state index contributed by atoms with van der Waals surface area (Å²) < 4.78 is 0. The van der Waals surface area contributed by atoms with Crippen LogP contribution in [0.1, 0.15) is 58.3 Å². The summed E-state index contributed by atoms with van der Waals surface area (Å²) in [6.07, 6.45) is 15.2. The molecule has 4 aliphatic carbocycles. The zero-order valence-corrected chi connectivity index (χ0v) is 14.5. The summed E-state index contributed by atoms with van der Waals surface area (Å²) in [6, 6.07) is 0. The zero-order chi connectivity index (χ0) is 16.9. The largest absolute Gasteiger partial charge is 0.377 e. The van der Waals surface area contributed by atoms with Crippen LogP contribution in [0.25, 0.3) is 0 Å². The minimum atomic E-state index is -0.923. The first-order chi connectivity index (χ1) is 11.5. The lowest BCUT2D eigenvalue weighted by atomic mass is 9.50. The Hall–Kier alpha value is -1.51. The smallest absolute Gasteiger partial charge is 0.155 e. The molecule has 3 saturated carbocycles. The third-order valence-corrected chi connectivity index (χ3v) is 7.79. The molecule has 1 N–H and O–H groups in total. The van der Waals surface area contributed by atoms with Gasteiger partial charge in [-0.1, -0.05) is 18.4 Å². The van der Waals surface area contributed by atoms with Crippen molar-refractivity contribution in [3.63, 3.8) is 0 Å². The molecule has 0 spiro atoms. The molecule has 0 aromatic rings. The average Bonchev–Trinajstić information content (AvgIpc) is 2.84. The molecule has 0 heterocycles. The van der Waals surface area contributed by atoms with E-state index in [4.69, 9.17) is 6.42 Å². The van der Waals surface area contributed by atoms with Gasteiger partial charge in [-0.25, -0.2) is 0 Å². The van der Waals surface area contributed by atoms with Crippen LogP contribution in [0.2, 0.25) is 0 Å².